The van der Waals surface area contributed by atoms with E-state index in [0.29, 0.717) is 6.54 Å². The number of aromatic amines is 1. The molecule has 84 valence electrons. The van der Waals surface area contributed by atoms with Crippen molar-refractivity contribution in [2.75, 3.05) is 0 Å². The van der Waals surface area contributed by atoms with E-state index in [-0.39, 0.29) is 0 Å². The predicted molar refractivity (Wildman–Crippen MR) is 68.0 cm³/mol. The molecule has 0 saturated carbocycles. The molecule has 0 amide bonds. The lowest BCUT2D eigenvalue weighted by Crippen LogP contribution is -1.98. The van der Waals surface area contributed by atoms with Crippen LogP contribution in [0.5, 0.6) is 0 Å². The fourth-order valence-corrected chi connectivity index (χ4v) is 1.83. The molecule has 1 aromatic heterocycles. The number of aryl methyl sites for hydroxylation is 2. The van der Waals surface area contributed by atoms with Crippen LogP contribution in [-0.2, 0) is 19.4 Å². The number of hydrogen-bond donors (Lipinski definition) is 2. The zero-order chi connectivity index (χ0) is 11.4. The molecule has 2 aromatic rings. The zero-order valence-corrected chi connectivity index (χ0v) is 10.5. The summed E-state index contributed by atoms with van der Waals surface area (Å²) >= 11 is 3.42. The fraction of sp³-hybridized carbons (Fsp3) is 0.250. The van der Waals surface area contributed by atoms with Gasteiger partial charge in [-0.25, -0.2) is 4.98 Å². The van der Waals surface area contributed by atoms with Gasteiger partial charge in [-0.2, -0.15) is 0 Å². The van der Waals surface area contributed by atoms with Gasteiger partial charge in [0.15, 0.2) is 0 Å². The first-order valence-electron chi connectivity index (χ1n) is 5.25. The number of imidazole rings is 1. The number of benzene rings is 1. The summed E-state index contributed by atoms with van der Waals surface area (Å²) in [5.41, 5.74) is 7.96. The number of rotatable bonds is 4. The van der Waals surface area contributed by atoms with Gasteiger partial charge in [0, 0.05) is 16.4 Å². The minimum atomic E-state index is 0.471. The topological polar surface area (TPSA) is 54.7 Å². The van der Waals surface area contributed by atoms with Gasteiger partial charge in [-0.1, -0.05) is 28.1 Å². The van der Waals surface area contributed by atoms with E-state index in [0.717, 1.165) is 28.8 Å². The van der Waals surface area contributed by atoms with Crippen molar-refractivity contribution < 1.29 is 0 Å². The minimum absolute atomic E-state index is 0.471. The molecule has 3 N–H and O–H groups in total. The van der Waals surface area contributed by atoms with E-state index < -0.39 is 0 Å². The molecule has 0 radical (unpaired) electrons. The maximum Gasteiger partial charge on any atom is 0.120 e. The van der Waals surface area contributed by atoms with Gasteiger partial charge in [-0.05, 0) is 30.5 Å². The Balaban J connectivity index is 1.94. The van der Waals surface area contributed by atoms with Crippen LogP contribution in [0.4, 0.5) is 0 Å². The Kier molecular flexibility index (Phi) is 3.74. The van der Waals surface area contributed by atoms with Crippen molar-refractivity contribution in [3.05, 3.63) is 52.0 Å². The van der Waals surface area contributed by atoms with Gasteiger partial charge in [-0.3, -0.25) is 0 Å². The summed E-state index contributed by atoms with van der Waals surface area (Å²) in [5.74, 6) is 0.853. The fourth-order valence-electron chi connectivity index (χ4n) is 1.57. The smallest absolute Gasteiger partial charge is 0.120 e. The van der Waals surface area contributed by atoms with Gasteiger partial charge in [-0.15, -0.1) is 0 Å². The van der Waals surface area contributed by atoms with Crippen LogP contribution >= 0.6 is 15.9 Å². The Morgan fingerprint density at radius 1 is 1.19 bits per heavy atom. The van der Waals surface area contributed by atoms with Crippen molar-refractivity contribution in [2.24, 2.45) is 5.73 Å². The first-order chi connectivity index (χ1) is 7.78. The molecule has 0 saturated heterocycles. The normalized spacial score (nSPS) is 10.6. The number of hydrogen-bond acceptors (Lipinski definition) is 2. The lowest BCUT2D eigenvalue weighted by Gasteiger charge is -1.99. The van der Waals surface area contributed by atoms with Crippen molar-refractivity contribution in [2.45, 2.75) is 19.4 Å². The summed E-state index contributed by atoms with van der Waals surface area (Å²) in [6.45, 7) is 0.471. The van der Waals surface area contributed by atoms with Crippen molar-refractivity contribution in [1.29, 1.82) is 0 Å². The molecule has 0 unspecified atom stereocenters. The lowest BCUT2D eigenvalue weighted by atomic mass is 10.1. The second-order valence-corrected chi connectivity index (χ2v) is 4.60. The summed E-state index contributed by atoms with van der Waals surface area (Å²) in [6.07, 6.45) is 3.84. The van der Waals surface area contributed by atoms with Gasteiger partial charge in [0.1, 0.15) is 5.82 Å². The molecule has 0 atom stereocenters. The van der Waals surface area contributed by atoms with Gasteiger partial charge in [0.25, 0.3) is 0 Å². The number of H-pyrrole nitrogens is 1. The van der Waals surface area contributed by atoms with E-state index in [1.807, 2.05) is 6.20 Å². The number of nitrogens with one attached hydrogen (secondary N) is 1. The maximum atomic E-state index is 5.49. The molecule has 0 fully saturated rings. The molecular formula is C12H14BrN3. The first-order valence-corrected chi connectivity index (χ1v) is 6.04. The second-order valence-electron chi connectivity index (χ2n) is 3.69. The van der Waals surface area contributed by atoms with Crippen LogP contribution in [0.3, 0.4) is 0 Å². The maximum absolute atomic E-state index is 5.49. The van der Waals surface area contributed by atoms with Gasteiger partial charge in [0.2, 0.25) is 0 Å². The van der Waals surface area contributed by atoms with Crippen molar-refractivity contribution in [3.63, 3.8) is 0 Å². The lowest BCUT2D eigenvalue weighted by molar-refractivity contribution is 0.894. The third-order valence-corrected chi connectivity index (χ3v) is 3.00. The van der Waals surface area contributed by atoms with Crippen LogP contribution in [0.1, 0.15) is 17.1 Å². The van der Waals surface area contributed by atoms with E-state index in [9.17, 15) is 0 Å². The van der Waals surface area contributed by atoms with E-state index in [1.54, 1.807) is 0 Å². The molecule has 1 heterocycles. The van der Waals surface area contributed by atoms with Crippen LogP contribution in [0.15, 0.2) is 34.9 Å². The standard InChI is InChI=1S/C12H14BrN3/c13-10-4-1-9(2-5-10)3-6-11-8-15-12(7-14)16-11/h1-2,4-5,8H,3,6-7,14H2,(H,15,16). The molecule has 0 spiro atoms. The third kappa shape index (κ3) is 2.93. The molecule has 1 aromatic carbocycles. The van der Waals surface area contributed by atoms with E-state index in [4.69, 9.17) is 5.73 Å². The Morgan fingerprint density at radius 3 is 2.56 bits per heavy atom. The van der Waals surface area contributed by atoms with Gasteiger partial charge in [0.05, 0.1) is 6.54 Å². The van der Waals surface area contributed by atoms with Gasteiger partial charge < -0.3 is 10.7 Å². The molecular weight excluding hydrogens is 266 g/mol. The summed E-state index contributed by atoms with van der Waals surface area (Å²) in [6, 6.07) is 8.38. The highest BCUT2D eigenvalue weighted by molar-refractivity contribution is 9.10. The molecule has 0 aliphatic carbocycles. The monoisotopic (exact) mass is 279 g/mol. The second kappa shape index (κ2) is 5.27. The van der Waals surface area contributed by atoms with Crippen LogP contribution in [0, 0.1) is 0 Å². The highest BCUT2D eigenvalue weighted by atomic mass is 79.9. The summed E-state index contributed by atoms with van der Waals surface area (Å²) < 4.78 is 1.11. The number of aromatic nitrogens is 2. The summed E-state index contributed by atoms with van der Waals surface area (Å²) in [4.78, 5) is 7.37. The molecule has 16 heavy (non-hydrogen) atoms. The third-order valence-electron chi connectivity index (χ3n) is 2.47. The van der Waals surface area contributed by atoms with Crippen LogP contribution in [-0.4, -0.2) is 9.97 Å². The number of halogens is 1. The highest BCUT2D eigenvalue weighted by Gasteiger charge is 2.00. The molecule has 3 nitrogen and oxygen atoms in total. The Hall–Kier alpha value is -1.13. The average molecular weight is 280 g/mol. The van der Waals surface area contributed by atoms with E-state index in [1.165, 1.54) is 5.56 Å². The van der Waals surface area contributed by atoms with Gasteiger partial charge >= 0.3 is 0 Å². The van der Waals surface area contributed by atoms with Crippen LogP contribution < -0.4 is 5.73 Å². The van der Waals surface area contributed by atoms with Crippen molar-refractivity contribution >= 4 is 15.9 Å². The molecule has 0 bridgehead atoms. The molecule has 2 rings (SSSR count). The Morgan fingerprint density at radius 2 is 1.94 bits per heavy atom. The number of nitrogens with zero attached hydrogens (tertiary/aromatic N) is 1. The zero-order valence-electron chi connectivity index (χ0n) is 8.91. The van der Waals surface area contributed by atoms with Crippen molar-refractivity contribution in [3.8, 4) is 0 Å². The predicted octanol–water partition coefficient (Wildman–Crippen LogP) is 2.42. The first kappa shape index (κ1) is 11.4. The quantitative estimate of drug-likeness (QED) is 0.903. The Bertz CT molecular complexity index is 448. The number of nitrogens with two attached hydrogens (primary N) is 1. The minimum Gasteiger partial charge on any atom is -0.345 e. The van der Waals surface area contributed by atoms with E-state index in [2.05, 4.69) is 50.2 Å². The molecule has 4 heteroatoms. The molecule has 0 aliphatic heterocycles. The average Bonchev–Trinajstić information content (AvgIpc) is 2.76. The largest absolute Gasteiger partial charge is 0.345 e. The van der Waals surface area contributed by atoms with Crippen LogP contribution in [0.25, 0.3) is 0 Å². The summed E-state index contributed by atoms with van der Waals surface area (Å²) in [5, 5.41) is 0. The van der Waals surface area contributed by atoms with Crippen molar-refractivity contribution in [1.82, 2.24) is 9.97 Å². The van der Waals surface area contributed by atoms with Crippen LogP contribution in [0.2, 0.25) is 0 Å². The highest BCUT2D eigenvalue weighted by Crippen LogP contribution is 2.12. The SMILES string of the molecule is NCc1ncc(CCc2ccc(Br)cc2)[nH]1. The van der Waals surface area contributed by atoms with E-state index >= 15 is 0 Å². The molecule has 0 aliphatic rings. The Labute approximate surface area is 103 Å². The summed E-state index contributed by atoms with van der Waals surface area (Å²) in [7, 11) is 0.